The summed E-state index contributed by atoms with van der Waals surface area (Å²) in [6, 6.07) is 6.24. The molecule has 1 heterocycles. The van der Waals surface area contributed by atoms with Crippen LogP contribution in [-0.2, 0) is 0 Å². The first-order valence-corrected chi connectivity index (χ1v) is 6.57. The Balaban J connectivity index is 2.07. The van der Waals surface area contributed by atoms with Crippen molar-refractivity contribution in [1.29, 1.82) is 0 Å². The van der Waals surface area contributed by atoms with Crippen molar-refractivity contribution in [2.75, 3.05) is 18.4 Å². The molecule has 2 rings (SSSR count). The van der Waals surface area contributed by atoms with Crippen molar-refractivity contribution in [3.05, 3.63) is 29.8 Å². The van der Waals surface area contributed by atoms with Gasteiger partial charge in [0.2, 0.25) is 0 Å². The number of carboxylic acid groups (broad SMARTS) is 1. The van der Waals surface area contributed by atoms with Crippen LogP contribution in [-0.4, -0.2) is 35.1 Å². The van der Waals surface area contributed by atoms with Gasteiger partial charge in [0.05, 0.1) is 11.3 Å². The third-order valence-electron chi connectivity index (χ3n) is 3.29. The van der Waals surface area contributed by atoms with E-state index in [1.54, 1.807) is 23.1 Å². The van der Waals surface area contributed by atoms with Gasteiger partial charge in [-0.1, -0.05) is 25.0 Å². The number of carbonyl (C=O) groups excluding carboxylic acids is 1. The molecule has 5 nitrogen and oxygen atoms in total. The van der Waals surface area contributed by atoms with E-state index in [0.29, 0.717) is 5.69 Å². The third-order valence-corrected chi connectivity index (χ3v) is 3.29. The quantitative estimate of drug-likeness (QED) is 0.861. The molecule has 2 amide bonds. The summed E-state index contributed by atoms with van der Waals surface area (Å²) in [5, 5.41) is 11.8. The van der Waals surface area contributed by atoms with Crippen LogP contribution in [0, 0.1) is 0 Å². The van der Waals surface area contributed by atoms with E-state index in [9.17, 15) is 9.59 Å². The summed E-state index contributed by atoms with van der Waals surface area (Å²) in [5.74, 6) is -1.04. The highest BCUT2D eigenvalue weighted by Gasteiger charge is 2.17. The fourth-order valence-corrected chi connectivity index (χ4v) is 2.25. The first kappa shape index (κ1) is 13.4. The summed E-state index contributed by atoms with van der Waals surface area (Å²) >= 11 is 0. The number of anilines is 1. The van der Waals surface area contributed by atoms with E-state index in [2.05, 4.69) is 5.32 Å². The Labute approximate surface area is 112 Å². The van der Waals surface area contributed by atoms with Gasteiger partial charge in [0, 0.05) is 13.1 Å². The van der Waals surface area contributed by atoms with Crippen LogP contribution < -0.4 is 5.32 Å². The van der Waals surface area contributed by atoms with Crippen LogP contribution in [0.4, 0.5) is 10.5 Å². The second-order valence-electron chi connectivity index (χ2n) is 4.68. The van der Waals surface area contributed by atoms with E-state index in [0.717, 1.165) is 38.8 Å². The number of nitrogens with zero attached hydrogens (tertiary/aromatic N) is 1. The highest BCUT2D eigenvalue weighted by atomic mass is 16.4. The lowest BCUT2D eigenvalue weighted by Crippen LogP contribution is -2.35. The molecule has 0 saturated carbocycles. The molecule has 0 aromatic heterocycles. The van der Waals surface area contributed by atoms with Crippen LogP contribution in [0.5, 0.6) is 0 Å². The largest absolute Gasteiger partial charge is 0.478 e. The van der Waals surface area contributed by atoms with Crippen molar-refractivity contribution < 1.29 is 14.7 Å². The Kier molecular flexibility index (Phi) is 4.39. The van der Waals surface area contributed by atoms with E-state index < -0.39 is 5.97 Å². The molecule has 0 radical (unpaired) electrons. The highest BCUT2D eigenvalue weighted by molar-refractivity contribution is 5.99. The minimum Gasteiger partial charge on any atom is -0.478 e. The molecule has 0 spiro atoms. The lowest BCUT2D eigenvalue weighted by atomic mass is 10.2. The van der Waals surface area contributed by atoms with Gasteiger partial charge < -0.3 is 15.3 Å². The SMILES string of the molecule is O=C(O)c1ccccc1NC(=O)N1CCCCCC1. The summed E-state index contributed by atoms with van der Waals surface area (Å²) in [6.07, 6.45) is 4.31. The molecule has 0 bridgehead atoms. The number of benzene rings is 1. The Morgan fingerprint density at radius 1 is 1.05 bits per heavy atom. The second-order valence-corrected chi connectivity index (χ2v) is 4.68. The first-order chi connectivity index (χ1) is 9.18. The normalized spacial score (nSPS) is 15.7. The number of carboxylic acids is 1. The Bertz CT molecular complexity index is 466. The van der Waals surface area contributed by atoms with Crippen molar-refractivity contribution in [2.24, 2.45) is 0 Å². The lowest BCUT2D eigenvalue weighted by Gasteiger charge is -2.21. The molecule has 102 valence electrons. The maximum atomic E-state index is 12.1. The zero-order chi connectivity index (χ0) is 13.7. The fraction of sp³-hybridized carbons (Fsp3) is 0.429. The number of hydrogen-bond acceptors (Lipinski definition) is 2. The van der Waals surface area contributed by atoms with Crippen molar-refractivity contribution in [3.63, 3.8) is 0 Å². The van der Waals surface area contributed by atoms with Crippen LogP contribution in [0.2, 0.25) is 0 Å². The van der Waals surface area contributed by atoms with Gasteiger partial charge in [-0.25, -0.2) is 9.59 Å². The molecule has 1 aromatic carbocycles. The number of nitrogens with one attached hydrogen (secondary N) is 1. The highest BCUT2D eigenvalue weighted by Crippen LogP contribution is 2.17. The van der Waals surface area contributed by atoms with E-state index in [1.807, 2.05) is 0 Å². The van der Waals surface area contributed by atoms with Gasteiger partial charge in [-0.05, 0) is 25.0 Å². The molecule has 1 saturated heterocycles. The zero-order valence-corrected chi connectivity index (χ0v) is 10.8. The summed E-state index contributed by atoms with van der Waals surface area (Å²) in [6.45, 7) is 1.47. The number of likely N-dealkylation sites (tertiary alicyclic amines) is 1. The van der Waals surface area contributed by atoms with Crippen LogP contribution in [0.3, 0.4) is 0 Å². The standard InChI is InChI=1S/C14H18N2O3/c17-13(18)11-7-3-4-8-12(11)15-14(19)16-9-5-1-2-6-10-16/h3-4,7-8H,1-2,5-6,9-10H2,(H,15,19)(H,17,18). The van der Waals surface area contributed by atoms with Gasteiger partial charge in [-0.15, -0.1) is 0 Å². The zero-order valence-electron chi connectivity index (χ0n) is 10.8. The fourth-order valence-electron chi connectivity index (χ4n) is 2.25. The molecule has 1 aliphatic rings. The predicted molar refractivity (Wildman–Crippen MR) is 72.5 cm³/mol. The number of para-hydroxylation sites is 1. The molecule has 0 atom stereocenters. The first-order valence-electron chi connectivity index (χ1n) is 6.57. The summed E-state index contributed by atoms with van der Waals surface area (Å²) < 4.78 is 0. The van der Waals surface area contributed by atoms with Crippen molar-refractivity contribution in [2.45, 2.75) is 25.7 Å². The number of hydrogen-bond donors (Lipinski definition) is 2. The van der Waals surface area contributed by atoms with Gasteiger partial charge in [-0.3, -0.25) is 0 Å². The van der Waals surface area contributed by atoms with E-state index >= 15 is 0 Å². The van der Waals surface area contributed by atoms with Crippen LogP contribution in [0.25, 0.3) is 0 Å². The Hall–Kier alpha value is -2.04. The third kappa shape index (κ3) is 3.47. The molecular weight excluding hydrogens is 244 g/mol. The number of aromatic carboxylic acids is 1. The van der Waals surface area contributed by atoms with Gasteiger partial charge in [0.15, 0.2) is 0 Å². The summed E-state index contributed by atoms with van der Waals surface area (Å²) in [4.78, 5) is 24.9. The van der Waals surface area contributed by atoms with Gasteiger partial charge in [-0.2, -0.15) is 0 Å². The maximum absolute atomic E-state index is 12.1. The topological polar surface area (TPSA) is 69.6 Å². The van der Waals surface area contributed by atoms with Gasteiger partial charge >= 0.3 is 12.0 Å². The van der Waals surface area contributed by atoms with E-state index in [1.165, 1.54) is 6.07 Å². The average Bonchev–Trinajstić information content (AvgIpc) is 2.68. The monoisotopic (exact) mass is 262 g/mol. The molecule has 0 aliphatic carbocycles. The van der Waals surface area contributed by atoms with Crippen LogP contribution in [0.1, 0.15) is 36.0 Å². The summed E-state index contributed by atoms with van der Waals surface area (Å²) in [7, 11) is 0. The summed E-state index contributed by atoms with van der Waals surface area (Å²) in [5.41, 5.74) is 0.468. The molecule has 2 N–H and O–H groups in total. The number of urea groups is 1. The van der Waals surface area contributed by atoms with Crippen molar-refractivity contribution in [3.8, 4) is 0 Å². The Morgan fingerprint density at radius 3 is 2.32 bits per heavy atom. The van der Waals surface area contributed by atoms with Gasteiger partial charge in [0.1, 0.15) is 0 Å². The molecule has 1 aliphatic heterocycles. The molecule has 1 aromatic rings. The van der Waals surface area contributed by atoms with Crippen molar-refractivity contribution in [1.82, 2.24) is 4.90 Å². The lowest BCUT2D eigenvalue weighted by molar-refractivity contribution is 0.0698. The minimum atomic E-state index is -1.04. The van der Waals surface area contributed by atoms with Crippen LogP contribution >= 0.6 is 0 Å². The second kappa shape index (κ2) is 6.22. The van der Waals surface area contributed by atoms with E-state index in [-0.39, 0.29) is 11.6 Å². The molecular formula is C14H18N2O3. The molecule has 1 fully saturated rings. The number of rotatable bonds is 2. The number of amides is 2. The Morgan fingerprint density at radius 2 is 1.68 bits per heavy atom. The van der Waals surface area contributed by atoms with Crippen molar-refractivity contribution >= 4 is 17.7 Å². The van der Waals surface area contributed by atoms with Crippen LogP contribution in [0.15, 0.2) is 24.3 Å². The molecule has 19 heavy (non-hydrogen) atoms. The average molecular weight is 262 g/mol. The van der Waals surface area contributed by atoms with E-state index in [4.69, 9.17) is 5.11 Å². The smallest absolute Gasteiger partial charge is 0.337 e. The molecule has 5 heteroatoms. The molecule has 0 unspecified atom stereocenters. The minimum absolute atomic E-state index is 0.116. The maximum Gasteiger partial charge on any atom is 0.337 e. The van der Waals surface area contributed by atoms with Gasteiger partial charge in [0.25, 0.3) is 0 Å². The number of carbonyl (C=O) groups is 2. The predicted octanol–water partition coefficient (Wildman–Crippen LogP) is 2.79.